The van der Waals surface area contributed by atoms with Gasteiger partial charge in [-0.15, -0.1) is 21.5 Å². The lowest BCUT2D eigenvalue weighted by molar-refractivity contribution is 0.669. The maximum Gasteiger partial charge on any atom is 0.136 e. The van der Waals surface area contributed by atoms with Crippen molar-refractivity contribution in [3.05, 3.63) is 115 Å². The Kier molecular flexibility index (Phi) is 4.66. The molecule has 0 aliphatic heterocycles. The van der Waals surface area contributed by atoms with Crippen molar-refractivity contribution < 1.29 is 4.42 Å². The van der Waals surface area contributed by atoms with Crippen molar-refractivity contribution in [2.24, 2.45) is 0 Å². The Morgan fingerprint density at radius 2 is 1.18 bits per heavy atom. The molecule has 0 spiro atoms. The highest BCUT2D eigenvalue weighted by Crippen LogP contribution is 2.46. The summed E-state index contributed by atoms with van der Waals surface area (Å²) in [5.41, 5.74) is 7.33. The first-order chi connectivity index (χ1) is 18.9. The van der Waals surface area contributed by atoms with Gasteiger partial charge < -0.3 is 4.42 Å². The second kappa shape index (κ2) is 8.33. The molecule has 0 aliphatic rings. The lowest BCUT2D eigenvalue weighted by Gasteiger charge is -2.15. The molecule has 4 nitrogen and oxygen atoms in total. The Bertz CT molecular complexity index is 2140. The quantitative estimate of drug-likeness (QED) is 0.240. The number of aromatic nitrogens is 3. The number of rotatable bonds is 3. The van der Waals surface area contributed by atoms with Gasteiger partial charge in [0.2, 0.25) is 0 Å². The van der Waals surface area contributed by atoms with E-state index in [9.17, 15) is 0 Å². The van der Waals surface area contributed by atoms with Crippen LogP contribution >= 0.6 is 11.3 Å². The van der Waals surface area contributed by atoms with E-state index in [0.717, 1.165) is 55.6 Å². The summed E-state index contributed by atoms with van der Waals surface area (Å²) in [4.78, 5) is 0. The van der Waals surface area contributed by atoms with Crippen LogP contribution in [0.4, 0.5) is 0 Å². The van der Waals surface area contributed by atoms with E-state index in [0.29, 0.717) is 0 Å². The van der Waals surface area contributed by atoms with Crippen LogP contribution in [0.25, 0.3) is 75.8 Å². The second-order valence-electron chi connectivity index (χ2n) is 9.28. The molecule has 0 aliphatic carbocycles. The Balaban J connectivity index is 1.55. The number of hydrogen-bond acceptors (Lipinski definition) is 5. The fourth-order valence-corrected chi connectivity index (χ4v) is 6.65. The van der Waals surface area contributed by atoms with Crippen LogP contribution in [0.2, 0.25) is 0 Å². The van der Waals surface area contributed by atoms with Gasteiger partial charge in [-0.3, -0.25) is 0 Å². The molecule has 3 aromatic heterocycles. The highest BCUT2D eigenvalue weighted by atomic mass is 32.1. The van der Waals surface area contributed by atoms with Gasteiger partial charge in [0.15, 0.2) is 0 Å². The number of nitrogens with zero attached hydrogens (tertiary/aromatic N) is 3. The van der Waals surface area contributed by atoms with Crippen molar-refractivity contribution >= 4 is 53.4 Å². The zero-order valence-electron chi connectivity index (χ0n) is 20.1. The normalized spacial score (nSPS) is 11.7. The first-order valence-corrected chi connectivity index (χ1v) is 13.3. The molecule has 5 aromatic carbocycles. The molecule has 0 N–H and O–H groups in total. The molecule has 178 valence electrons. The average molecular weight is 506 g/mol. The van der Waals surface area contributed by atoms with Gasteiger partial charge in [0.05, 0.1) is 0 Å². The number of thiophene rings is 1. The van der Waals surface area contributed by atoms with Crippen molar-refractivity contribution in [3.63, 3.8) is 0 Å². The summed E-state index contributed by atoms with van der Waals surface area (Å²) < 4.78 is 8.72. The molecule has 0 unspecified atom stereocenters. The molecule has 3 heterocycles. The van der Waals surface area contributed by atoms with Gasteiger partial charge in [-0.25, -0.2) is 0 Å². The Morgan fingerprint density at radius 3 is 2.11 bits per heavy atom. The zero-order valence-corrected chi connectivity index (χ0v) is 20.9. The summed E-state index contributed by atoms with van der Waals surface area (Å²) in [6.45, 7) is 0. The molecule has 0 amide bonds. The summed E-state index contributed by atoms with van der Waals surface area (Å²) in [6.07, 6.45) is 0. The Hall–Kier alpha value is -4.87. The van der Waals surface area contributed by atoms with Crippen LogP contribution in [0.5, 0.6) is 0 Å². The number of hydrogen-bond donors (Lipinski definition) is 0. The molecule has 38 heavy (non-hydrogen) atoms. The van der Waals surface area contributed by atoms with E-state index in [2.05, 4.69) is 77.0 Å². The van der Waals surface area contributed by atoms with Crippen molar-refractivity contribution in [1.82, 2.24) is 15.4 Å². The molecule has 0 atom stereocenters. The third-order valence-corrected chi connectivity index (χ3v) is 8.28. The van der Waals surface area contributed by atoms with Crippen LogP contribution in [0.1, 0.15) is 0 Å². The predicted octanol–water partition coefficient (Wildman–Crippen LogP) is 9.14. The minimum absolute atomic E-state index is 0.791. The fraction of sp³-hybridized carbons (Fsp3) is 0. The van der Waals surface area contributed by atoms with Crippen molar-refractivity contribution in [1.29, 1.82) is 0 Å². The smallest absolute Gasteiger partial charge is 0.136 e. The van der Waals surface area contributed by atoms with Gasteiger partial charge in [-0.05, 0) is 35.0 Å². The topological polar surface area (TPSA) is 51.8 Å². The average Bonchev–Trinajstić information content (AvgIpc) is 3.56. The van der Waals surface area contributed by atoms with Crippen LogP contribution in [-0.4, -0.2) is 15.4 Å². The van der Waals surface area contributed by atoms with E-state index in [4.69, 9.17) is 9.52 Å². The van der Waals surface area contributed by atoms with Gasteiger partial charge in [0.25, 0.3) is 0 Å². The third kappa shape index (κ3) is 3.12. The molecule has 0 saturated heterocycles. The summed E-state index contributed by atoms with van der Waals surface area (Å²) in [7, 11) is 0. The molecule has 0 fully saturated rings. The van der Waals surface area contributed by atoms with E-state index >= 15 is 0 Å². The maximum absolute atomic E-state index is 6.23. The molecule has 8 aromatic rings. The fourth-order valence-electron chi connectivity index (χ4n) is 5.52. The highest BCUT2D eigenvalue weighted by Gasteiger charge is 2.23. The van der Waals surface area contributed by atoms with Gasteiger partial charge in [-0.1, -0.05) is 91.0 Å². The number of furan rings is 1. The molecular weight excluding hydrogens is 486 g/mol. The summed E-state index contributed by atoms with van der Waals surface area (Å²) in [5.74, 6) is 0. The number of fused-ring (bicyclic) bond motifs is 6. The van der Waals surface area contributed by atoms with Crippen molar-refractivity contribution in [3.8, 4) is 33.6 Å². The van der Waals surface area contributed by atoms with Gasteiger partial charge >= 0.3 is 0 Å². The maximum atomic E-state index is 6.23. The van der Waals surface area contributed by atoms with Gasteiger partial charge in [0.1, 0.15) is 22.6 Å². The van der Waals surface area contributed by atoms with Crippen LogP contribution < -0.4 is 0 Å². The minimum Gasteiger partial charge on any atom is -0.456 e. The van der Waals surface area contributed by atoms with E-state index in [1.165, 1.54) is 20.2 Å². The van der Waals surface area contributed by atoms with Crippen LogP contribution in [0.3, 0.4) is 0 Å². The second-order valence-corrected chi connectivity index (χ2v) is 10.4. The third-order valence-electron chi connectivity index (χ3n) is 7.14. The Labute approximate surface area is 221 Å². The SMILES string of the molecule is c1ccc(-c2nnnc(-c3cccc4oc5ccccc5c34)c2-c2cccc3sc4ccccc4c23)cc1. The summed E-state index contributed by atoms with van der Waals surface area (Å²) in [5, 5.41) is 18.2. The molecule has 0 saturated carbocycles. The molecule has 8 rings (SSSR count). The largest absolute Gasteiger partial charge is 0.456 e. The summed E-state index contributed by atoms with van der Waals surface area (Å²) in [6, 6.07) is 39.6. The van der Waals surface area contributed by atoms with Gasteiger partial charge in [-0.2, -0.15) is 0 Å². The molecule has 5 heteroatoms. The number of benzene rings is 5. The highest BCUT2D eigenvalue weighted by molar-refractivity contribution is 7.25. The number of para-hydroxylation sites is 1. The molecule has 0 radical (unpaired) electrons. The molecule has 0 bridgehead atoms. The standard InChI is InChI=1S/C33H19N3OS/c1-2-10-20(11-3-1)32-31(23-14-9-19-28-30(23)22-13-5-7-18-27(22)38-28)33(35-36-34-32)24-15-8-17-26-29(24)21-12-4-6-16-25(21)37-26/h1-19H. The first-order valence-electron chi connectivity index (χ1n) is 12.5. The lowest BCUT2D eigenvalue weighted by atomic mass is 9.91. The monoisotopic (exact) mass is 505 g/mol. The van der Waals surface area contributed by atoms with E-state index in [-0.39, 0.29) is 0 Å². The Morgan fingerprint density at radius 1 is 0.500 bits per heavy atom. The molecular formula is C33H19N3OS. The van der Waals surface area contributed by atoms with E-state index < -0.39 is 0 Å². The minimum atomic E-state index is 0.791. The van der Waals surface area contributed by atoms with Crippen molar-refractivity contribution in [2.45, 2.75) is 0 Å². The van der Waals surface area contributed by atoms with Crippen LogP contribution in [0.15, 0.2) is 120 Å². The lowest BCUT2D eigenvalue weighted by Crippen LogP contribution is -2.00. The van der Waals surface area contributed by atoms with E-state index in [1.807, 2.05) is 59.9 Å². The van der Waals surface area contributed by atoms with Crippen LogP contribution in [0, 0.1) is 0 Å². The summed E-state index contributed by atoms with van der Waals surface area (Å²) >= 11 is 1.81. The predicted molar refractivity (Wildman–Crippen MR) is 156 cm³/mol. The van der Waals surface area contributed by atoms with Gasteiger partial charge in [0, 0.05) is 47.6 Å². The first kappa shape index (κ1) is 21.2. The van der Waals surface area contributed by atoms with Crippen molar-refractivity contribution in [2.75, 3.05) is 0 Å². The van der Waals surface area contributed by atoms with E-state index in [1.54, 1.807) is 0 Å². The van der Waals surface area contributed by atoms with Crippen LogP contribution in [-0.2, 0) is 0 Å². The zero-order chi connectivity index (χ0) is 25.1.